The van der Waals surface area contributed by atoms with E-state index in [0.717, 1.165) is 50.0 Å². The van der Waals surface area contributed by atoms with E-state index in [0.29, 0.717) is 0 Å². The van der Waals surface area contributed by atoms with E-state index >= 15 is 0 Å². The molecule has 0 radical (unpaired) electrons. The Bertz CT molecular complexity index is 265. The molecule has 0 aromatic carbocycles. The van der Waals surface area contributed by atoms with Gasteiger partial charge in [0, 0.05) is 19.4 Å². The van der Waals surface area contributed by atoms with Crippen LogP contribution in [0.1, 0.15) is 12.8 Å². The zero-order chi connectivity index (χ0) is 13.5. The first-order valence-corrected chi connectivity index (χ1v) is 6.71. The van der Waals surface area contributed by atoms with Gasteiger partial charge in [-0.2, -0.15) is 0 Å². The average molecular weight is 247 g/mol. The Labute approximate surface area is 112 Å². The minimum atomic E-state index is 0.143. The van der Waals surface area contributed by atoms with E-state index in [1.54, 1.807) is 0 Å². The highest BCUT2D eigenvalue weighted by Crippen LogP contribution is 2.34. The minimum absolute atomic E-state index is 0.143. The third kappa shape index (κ3) is 2.65. The van der Waals surface area contributed by atoms with E-state index in [2.05, 4.69) is 31.6 Å². The first kappa shape index (κ1) is 14.9. The van der Waals surface area contributed by atoms with E-state index in [1.165, 1.54) is 0 Å². The molecule has 100 valence electrons. The number of hydrogen-bond donors (Lipinski definition) is 1. The monoisotopic (exact) mass is 247 g/mol. The van der Waals surface area contributed by atoms with Gasteiger partial charge in [0.2, 0.25) is 0 Å². The molecule has 0 amide bonds. The van der Waals surface area contributed by atoms with Crippen molar-refractivity contribution >= 4 is 0 Å². The maximum absolute atomic E-state index is 3.95. The van der Waals surface area contributed by atoms with Gasteiger partial charge in [0.25, 0.3) is 0 Å². The van der Waals surface area contributed by atoms with Crippen LogP contribution < -0.4 is 5.32 Å². The molecule has 1 aliphatic heterocycles. The highest BCUT2D eigenvalue weighted by Gasteiger charge is 2.49. The molecule has 1 heterocycles. The highest BCUT2D eigenvalue weighted by atomic mass is 15.4. The summed E-state index contributed by atoms with van der Waals surface area (Å²) in [4.78, 5) is 0. The van der Waals surface area contributed by atoms with E-state index in [9.17, 15) is 0 Å². The summed E-state index contributed by atoms with van der Waals surface area (Å²) in [5.74, 6) is 0. The number of rotatable bonds is 8. The molecule has 0 spiro atoms. The number of quaternary nitrogens is 1. The summed E-state index contributed by atoms with van der Waals surface area (Å²) < 4.78 is 1.02. The molecule has 0 aromatic heterocycles. The summed E-state index contributed by atoms with van der Waals surface area (Å²) in [7, 11) is 0. The molecule has 0 aromatic rings. The molecule has 0 aliphatic carbocycles. The molecule has 0 atom stereocenters. The lowest BCUT2D eigenvalue weighted by Crippen LogP contribution is -2.72. The Hall–Kier alpha value is -1.12. The fourth-order valence-electron chi connectivity index (χ4n) is 3.31. The molecule has 18 heavy (non-hydrogen) atoms. The second kappa shape index (κ2) is 6.72. The molecule has 1 aliphatic rings. The van der Waals surface area contributed by atoms with Crippen molar-refractivity contribution in [1.82, 2.24) is 5.32 Å². The van der Waals surface area contributed by atoms with Crippen molar-refractivity contribution < 1.29 is 4.48 Å². The maximum atomic E-state index is 3.95. The molecule has 0 unspecified atom stereocenters. The van der Waals surface area contributed by atoms with Crippen molar-refractivity contribution in [2.75, 3.05) is 32.7 Å². The van der Waals surface area contributed by atoms with Crippen LogP contribution in [0.4, 0.5) is 0 Å². The van der Waals surface area contributed by atoms with Gasteiger partial charge in [0.15, 0.2) is 0 Å². The standard InChI is InChI=1S/C16H27N2/c1-5-9-16(10-6-2)15-17-11-14-18(16,12-7-3)13-8-4/h5-8,17H,1-4,9-15H2/q+1. The third-order valence-electron chi connectivity index (χ3n) is 4.18. The Morgan fingerprint density at radius 3 is 1.94 bits per heavy atom. The van der Waals surface area contributed by atoms with Crippen LogP contribution in [0.5, 0.6) is 0 Å². The number of nitrogens with zero attached hydrogens (tertiary/aromatic N) is 1. The lowest BCUT2D eigenvalue weighted by molar-refractivity contribution is -0.968. The molecule has 2 nitrogen and oxygen atoms in total. The lowest BCUT2D eigenvalue weighted by atomic mass is 9.83. The average Bonchev–Trinajstić information content (AvgIpc) is 2.34. The van der Waals surface area contributed by atoms with Crippen LogP contribution in [0.15, 0.2) is 50.6 Å². The Morgan fingerprint density at radius 2 is 1.50 bits per heavy atom. The topological polar surface area (TPSA) is 12.0 Å². The summed E-state index contributed by atoms with van der Waals surface area (Å²) in [6, 6.07) is 0. The van der Waals surface area contributed by atoms with Crippen LogP contribution in [-0.2, 0) is 0 Å². The first-order chi connectivity index (χ1) is 8.70. The van der Waals surface area contributed by atoms with Crippen molar-refractivity contribution in [2.45, 2.75) is 18.4 Å². The van der Waals surface area contributed by atoms with Crippen LogP contribution in [-0.4, -0.2) is 42.7 Å². The van der Waals surface area contributed by atoms with Gasteiger partial charge in [-0.3, -0.25) is 0 Å². The highest BCUT2D eigenvalue weighted by molar-refractivity contribution is 4.99. The van der Waals surface area contributed by atoms with Crippen molar-refractivity contribution in [2.24, 2.45) is 0 Å². The van der Waals surface area contributed by atoms with Gasteiger partial charge in [-0.25, -0.2) is 0 Å². The summed E-state index contributed by atoms with van der Waals surface area (Å²) in [6.07, 6.45) is 10.1. The maximum Gasteiger partial charge on any atom is 0.119 e. The Morgan fingerprint density at radius 1 is 0.944 bits per heavy atom. The largest absolute Gasteiger partial charge is 0.310 e. The molecule has 1 fully saturated rings. The minimum Gasteiger partial charge on any atom is -0.310 e. The number of nitrogens with one attached hydrogen (secondary N) is 1. The van der Waals surface area contributed by atoms with E-state index in [1.807, 2.05) is 24.3 Å². The summed E-state index contributed by atoms with van der Waals surface area (Å²) in [5.41, 5.74) is 0.143. The van der Waals surface area contributed by atoms with E-state index < -0.39 is 0 Å². The lowest BCUT2D eigenvalue weighted by Gasteiger charge is -2.55. The van der Waals surface area contributed by atoms with Gasteiger partial charge < -0.3 is 9.80 Å². The van der Waals surface area contributed by atoms with Gasteiger partial charge in [-0.05, 0) is 12.2 Å². The van der Waals surface area contributed by atoms with Crippen molar-refractivity contribution in [3.05, 3.63) is 50.6 Å². The summed E-state index contributed by atoms with van der Waals surface area (Å²) >= 11 is 0. The molecule has 1 N–H and O–H groups in total. The normalized spacial score (nSPS) is 20.9. The summed E-state index contributed by atoms with van der Waals surface area (Å²) in [5, 5.41) is 3.54. The SMILES string of the molecule is C=CCC1(CC=C)CNCC[N+]1(CC=C)CC=C. The fraction of sp³-hybridized carbons (Fsp3) is 0.500. The third-order valence-corrected chi connectivity index (χ3v) is 4.18. The second-order valence-corrected chi connectivity index (χ2v) is 5.20. The van der Waals surface area contributed by atoms with Gasteiger partial charge in [0.05, 0.1) is 26.2 Å². The predicted octanol–water partition coefficient (Wildman–Crippen LogP) is 2.67. The Kier molecular flexibility index (Phi) is 5.57. The predicted molar refractivity (Wildman–Crippen MR) is 80.5 cm³/mol. The number of piperazine rings is 1. The first-order valence-electron chi connectivity index (χ1n) is 6.71. The smallest absolute Gasteiger partial charge is 0.119 e. The fourth-order valence-corrected chi connectivity index (χ4v) is 3.31. The molecular formula is C16H27N2+. The van der Waals surface area contributed by atoms with Gasteiger partial charge in [-0.1, -0.05) is 25.3 Å². The zero-order valence-corrected chi connectivity index (χ0v) is 11.5. The van der Waals surface area contributed by atoms with Gasteiger partial charge in [0.1, 0.15) is 5.54 Å². The zero-order valence-electron chi connectivity index (χ0n) is 11.5. The van der Waals surface area contributed by atoms with Crippen LogP contribution in [0, 0.1) is 0 Å². The van der Waals surface area contributed by atoms with Crippen molar-refractivity contribution in [1.29, 1.82) is 0 Å². The van der Waals surface area contributed by atoms with Gasteiger partial charge >= 0.3 is 0 Å². The van der Waals surface area contributed by atoms with E-state index in [4.69, 9.17) is 0 Å². The van der Waals surface area contributed by atoms with Crippen LogP contribution in [0.2, 0.25) is 0 Å². The van der Waals surface area contributed by atoms with Gasteiger partial charge in [-0.15, -0.1) is 13.2 Å². The van der Waals surface area contributed by atoms with Crippen LogP contribution >= 0.6 is 0 Å². The molecule has 1 saturated heterocycles. The van der Waals surface area contributed by atoms with Crippen LogP contribution in [0.25, 0.3) is 0 Å². The molecule has 0 saturated carbocycles. The quantitative estimate of drug-likeness (QED) is 0.513. The summed E-state index contributed by atoms with van der Waals surface area (Å²) in [6.45, 7) is 20.9. The van der Waals surface area contributed by atoms with Crippen molar-refractivity contribution in [3.63, 3.8) is 0 Å². The van der Waals surface area contributed by atoms with E-state index in [-0.39, 0.29) is 5.54 Å². The molecular weight excluding hydrogens is 220 g/mol. The number of hydrogen-bond acceptors (Lipinski definition) is 1. The molecule has 0 bridgehead atoms. The van der Waals surface area contributed by atoms with Crippen molar-refractivity contribution in [3.8, 4) is 0 Å². The van der Waals surface area contributed by atoms with Crippen LogP contribution in [0.3, 0.4) is 0 Å². The Balaban J connectivity index is 3.17. The second-order valence-electron chi connectivity index (χ2n) is 5.20. The molecule has 2 heteroatoms. The molecule has 1 rings (SSSR count).